The van der Waals surface area contributed by atoms with Crippen molar-refractivity contribution in [3.05, 3.63) is 53.5 Å². The van der Waals surface area contributed by atoms with Crippen LogP contribution in [0.4, 0.5) is 4.39 Å². The second-order valence-corrected chi connectivity index (χ2v) is 6.83. The van der Waals surface area contributed by atoms with E-state index in [1.165, 1.54) is 6.07 Å². The molecule has 0 saturated carbocycles. The third-order valence-corrected chi connectivity index (χ3v) is 4.94. The Morgan fingerprint density at radius 1 is 1.40 bits per heavy atom. The molecule has 0 spiro atoms. The van der Waals surface area contributed by atoms with Gasteiger partial charge in [-0.2, -0.15) is 0 Å². The van der Waals surface area contributed by atoms with E-state index >= 15 is 0 Å². The molecule has 1 atom stereocenters. The summed E-state index contributed by atoms with van der Waals surface area (Å²) >= 11 is 0. The Morgan fingerprint density at radius 2 is 2.24 bits per heavy atom. The molecular formula is C19H21FN4O. The molecule has 1 saturated heterocycles. The first kappa shape index (κ1) is 15.9. The second-order valence-electron chi connectivity index (χ2n) is 6.83. The number of halogens is 1. The minimum absolute atomic E-state index is 0.0776. The van der Waals surface area contributed by atoms with Gasteiger partial charge in [0.2, 0.25) is 0 Å². The standard InChI is InChI=1S/C19H21FN4O/c1-12-10-23(2)18(21-12)14-6-4-8-24(11-14)19(25)16-9-13-5-3-7-15(20)17(13)22-16/h3,5,7,9-10,14,22H,4,6,8,11H2,1-2H3/t14-/m1/s1. The Morgan fingerprint density at radius 3 is 2.96 bits per heavy atom. The predicted octanol–water partition coefficient (Wildman–Crippen LogP) is 3.37. The number of carbonyl (C=O) groups is 1. The molecule has 4 rings (SSSR count). The minimum atomic E-state index is -0.337. The number of rotatable bonds is 2. The molecule has 6 heteroatoms. The summed E-state index contributed by atoms with van der Waals surface area (Å²) in [6, 6.07) is 6.59. The fraction of sp³-hybridized carbons (Fsp3) is 0.368. The minimum Gasteiger partial charge on any atom is -0.348 e. The highest BCUT2D eigenvalue weighted by Gasteiger charge is 2.28. The quantitative estimate of drug-likeness (QED) is 0.778. The molecule has 0 bridgehead atoms. The lowest BCUT2D eigenvalue weighted by Crippen LogP contribution is -2.39. The first-order valence-corrected chi connectivity index (χ1v) is 8.59. The Balaban J connectivity index is 1.58. The number of aromatic nitrogens is 3. The fourth-order valence-corrected chi connectivity index (χ4v) is 3.79. The van der Waals surface area contributed by atoms with E-state index in [0.29, 0.717) is 17.8 Å². The number of piperidine rings is 1. The van der Waals surface area contributed by atoms with Gasteiger partial charge in [0.05, 0.1) is 11.2 Å². The van der Waals surface area contributed by atoms with Crippen molar-refractivity contribution >= 4 is 16.8 Å². The molecule has 2 aromatic heterocycles. The molecule has 0 unspecified atom stereocenters. The number of benzene rings is 1. The van der Waals surface area contributed by atoms with Crippen LogP contribution in [0.25, 0.3) is 10.9 Å². The molecule has 25 heavy (non-hydrogen) atoms. The third-order valence-electron chi connectivity index (χ3n) is 4.94. The molecule has 1 aromatic carbocycles. The van der Waals surface area contributed by atoms with Crippen LogP contribution < -0.4 is 0 Å². The van der Waals surface area contributed by atoms with Crippen molar-refractivity contribution in [2.45, 2.75) is 25.7 Å². The average molecular weight is 340 g/mol. The van der Waals surface area contributed by atoms with Gasteiger partial charge in [0.25, 0.3) is 5.91 Å². The van der Waals surface area contributed by atoms with Crippen LogP contribution in [0.5, 0.6) is 0 Å². The zero-order valence-electron chi connectivity index (χ0n) is 14.4. The van der Waals surface area contributed by atoms with Gasteiger partial charge >= 0.3 is 0 Å². The van der Waals surface area contributed by atoms with Gasteiger partial charge in [-0.15, -0.1) is 0 Å². The lowest BCUT2D eigenvalue weighted by Gasteiger charge is -2.32. The third kappa shape index (κ3) is 2.81. The van der Waals surface area contributed by atoms with Crippen molar-refractivity contribution in [1.82, 2.24) is 19.4 Å². The van der Waals surface area contributed by atoms with Gasteiger partial charge in [0.15, 0.2) is 0 Å². The van der Waals surface area contributed by atoms with Crippen molar-refractivity contribution in [2.75, 3.05) is 13.1 Å². The van der Waals surface area contributed by atoms with Gasteiger partial charge in [-0.05, 0) is 31.9 Å². The normalized spacial score (nSPS) is 18.0. The summed E-state index contributed by atoms with van der Waals surface area (Å²) in [5, 5.41) is 0.719. The monoisotopic (exact) mass is 340 g/mol. The Labute approximate surface area is 145 Å². The Bertz CT molecular complexity index is 942. The van der Waals surface area contributed by atoms with Gasteiger partial charge in [0, 0.05) is 37.6 Å². The molecule has 1 fully saturated rings. The van der Waals surface area contributed by atoms with E-state index in [-0.39, 0.29) is 17.6 Å². The van der Waals surface area contributed by atoms with E-state index in [0.717, 1.165) is 36.3 Å². The zero-order valence-corrected chi connectivity index (χ0v) is 14.4. The zero-order chi connectivity index (χ0) is 17.6. The van der Waals surface area contributed by atoms with Crippen LogP contribution in [-0.4, -0.2) is 38.4 Å². The number of H-pyrrole nitrogens is 1. The van der Waals surface area contributed by atoms with Gasteiger partial charge < -0.3 is 14.5 Å². The summed E-state index contributed by atoms with van der Waals surface area (Å²) in [6.45, 7) is 3.34. The molecule has 130 valence electrons. The number of fused-ring (bicyclic) bond motifs is 1. The van der Waals surface area contributed by atoms with Crippen LogP contribution in [0.1, 0.15) is 40.8 Å². The van der Waals surface area contributed by atoms with Crippen molar-refractivity contribution in [1.29, 1.82) is 0 Å². The van der Waals surface area contributed by atoms with Crippen molar-refractivity contribution in [2.24, 2.45) is 7.05 Å². The SMILES string of the molecule is Cc1cn(C)c([C@@H]2CCCN(C(=O)c3cc4cccc(F)c4[nH]3)C2)n1. The first-order valence-electron chi connectivity index (χ1n) is 8.59. The predicted molar refractivity (Wildman–Crippen MR) is 94.1 cm³/mol. The number of imidazole rings is 1. The maximum absolute atomic E-state index is 13.9. The number of amides is 1. The van der Waals surface area contributed by atoms with E-state index in [9.17, 15) is 9.18 Å². The maximum atomic E-state index is 13.9. The largest absolute Gasteiger partial charge is 0.348 e. The molecule has 0 aliphatic carbocycles. The van der Waals surface area contributed by atoms with E-state index in [2.05, 4.69) is 9.97 Å². The van der Waals surface area contributed by atoms with E-state index < -0.39 is 0 Å². The fourth-order valence-electron chi connectivity index (χ4n) is 3.79. The second kappa shape index (κ2) is 6.02. The lowest BCUT2D eigenvalue weighted by molar-refractivity contribution is 0.0698. The molecule has 0 radical (unpaired) electrons. The van der Waals surface area contributed by atoms with Crippen LogP contribution in [0, 0.1) is 12.7 Å². The summed E-state index contributed by atoms with van der Waals surface area (Å²) in [5.74, 6) is 0.845. The highest BCUT2D eigenvalue weighted by atomic mass is 19.1. The Kier molecular flexibility index (Phi) is 3.82. The van der Waals surface area contributed by atoms with Crippen LogP contribution in [0.3, 0.4) is 0 Å². The molecule has 3 heterocycles. The molecule has 3 aromatic rings. The highest BCUT2D eigenvalue weighted by molar-refractivity contribution is 5.98. The van der Waals surface area contributed by atoms with Crippen molar-refractivity contribution in [3.63, 3.8) is 0 Å². The topological polar surface area (TPSA) is 53.9 Å². The summed E-state index contributed by atoms with van der Waals surface area (Å²) < 4.78 is 15.9. The number of aromatic amines is 1. The van der Waals surface area contributed by atoms with E-state index in [4.69, 9.17) is 0 Å². The number of nitrogens with one attached hydrogen (secondary N) is 1. The summed E-state index contributed by atoms with van der Waals surface area (Å²) in [5.41, 5.74) is 1.82. The number of aryl methyl sites for hydroxylation is 2. The maximum Gasteiger partial charge on any atom is 0.270 e. The number of nitrogens with zero attached hydrogens (tertiary/aromatic N) is 3. The van der Waals surface area contributed by atoms with Crippen LogP contribution >= 0.6 is 0 Å². The van der Waals surface area contributed by atoms with Gasteiger partial charge in [-0.25, -0.2) is 9.37 Å². The molecule has 1 N–H and O–H groups in total. The molecule has 5 nitrogen and oxygen atoms in total. The van der Waals surface area contributed by atoms with Crippen molar-refractivity contribution in [3.8, 4) is 0 Å². The van der Waals surface area contributed by atoms with Gasteiger partial charge in [-0.1, -0.05) is 12.1 Å². The molecule has 1 aliphatic rings. The van der Waals surface area contributed by atoms with Gasteiger partial charge in [-0.3, -0.25) is 4.79 Å². The highest BCUT2D eigenvalue weighted by Crippen LogP contribution is 2.27. The number of para-hydroxylation sites is 1. The molecule has 1 amide bonds. The number of carbonyl (C=O) groups excluding carboxylic acids is 1. The smallest absolute Gasteiger partial charge is 0.270 e. The number of likely N-dealkylation sites (tertiary alicyclic amines) is 1. The molecule has 1 aliphatic heterocycles. The van der Waals surface area contributed by atoms with Gasteiger partial charge in [0.1, 0.15) is 17.3 Å². The van der Waals surface area contributed by atoms with E-state index in [1.54, 1.807) is 18.2 Å². The lowest BCUT2D eigenvalue weighted by atomic mass is 9.97. The van der Waals surface area contributed by atoms with Crippen LogP contribution in [0.15, 0.2) is 30.5 Å². The number of hydrogen-bond acceptors (Lipinski definition) is 2. The summed E-state index contributed by atoms with van der Waals surface area (Å²) in [4.78, 5) is 22.3. The summed E-state index contributed by atoms with van der Waals surface area (Å²) in [6.07, 6.45) is 3.98. The van der Waals surface area contributed by atoms with Crippen LogP contribution in [0.2, 0.25) is 0 Å². The Hall–Kier alpha value is -2.63. The first-order chi connectivity index (χ1) is 12.0. The average Bonchev–Trinajstić information content (AvgIpc) is 3.18. The van der Waals surface area contributed by atoms with Crippen LogP contribution in [-0.2, 0) is 7.05 Å². The van der Waals surface area contributed by atoms with Crippen molar-refractivity contribution < 1.29 is 9.18 Å². The number of hydrogen-bond donors (Lipinski definition) is 1. The van der Waals surface area contributed by atoms with E-state index in [1.807, 2.05) is 29.6 Å². The molecular weight excluding hydrogens is 319 g/mol. The summed E-state index contributed by atoms with van der Waals surface area (Å²) in [7, 11) is 2.00.